The van der Waals surface area contributed by atoms with E-state index in [1.807, 2.05) is 60.7 Å². The van der Waals surface area contributed by atoms with Gasteiger partial charge < -0.3 is 15.5 Å². The molecule has 0 unspecified atom stereocenters. The number of ether oxygens (including phenoxy) is 1. The number of H-pyrrole nitrogens is 1. The summed E-state index contributed by atoms with van der Waals surface area (Å²) in [5.74, 6) is 1.39. The van der Waals surface area contributed by atoms with Crippen molar-refractivity contribution in [3.8, 4) is 28.5 Å². The summed E-state index contributed by atoms with van der Waals surface area (Å²) >= 11 is 0. The van der Waals surface area contributed by atoms with Gasteiger partial charge in [-0.25, -0.2) is 9.97 Å². The van der Waals surface area contributed by atoms with Crippen LogP contribution in [0.1, 0.15) is 11.4 Å². The van der Waals surface area contributed by atoms with E-state index in [1.165, 1.54) is 0 Å². The lowest BCUT2D eigenvalue weighted by molar-refractivity contribution is 0.398. The van der Waals surface area contributed by atoms with Gasteiger partial charge >= 0.3 is 0 Å². The molecule has 0 spiro atoms. The molecule has 2 aromatic carbocycles. The highest BCUT2D eigenvalue weighted by Crippen LogP contribution is 2.32. The first-order valence-corrected chi connectivity index (χ1v) is 9.99. The molecule has 6 heteroatoms. The minimum absolute atomic E-state index is 0.554. The van der Waals surface area contributed by atoms with Crippen LogP contribution in [0.4, 0.5) is 5.69 Å². The summed E-state index contributed by atoms with van der Waals surface area (Å²) in [6, 6.07) is 23.7. The fourth-order valence-corrected chi connectivity index (χ4v) is 3.69. The Morgan fingerprint density at radius 3 is 2.71 bits per heavy atom. The Balaban J connectivity index is 1.64. The fraction of sp³-hybridized carbons (Fsp3) is 0.0800. The number of aromatic nitrogens is 4. The summed E-state index contributed by atoms with van der Waals surface area (Å²) in [6.45, 7) is 0. The Bertz CT molecular complexity index is 1380. The zero-order valence-corrected chi connectivity index (χ0v) is 17.0. The first kappa shape index (κ1) is 18.8. The van der Waals surface area contributed by atoms with Crippen molar-refractivity contribution in [3.63, 3.8) is 0 Å². The number of hydrogen-bond acceptors (Lipinski definition) is 5. The first-order valence-electron chi connectivity index (χ1n) is 9.99. The van der Waals surface area contributed by atoms with Gasteiger partial charge in [-0.1, -0.05) is 30.3 Å². The average Bonchev–Trinajstić information content (AvgIpc) is 3.22. The van der Waals surface area contributed by atoms with Gasteiger partial charge in [0.05, 0.1) is 29.7 Å². The van der Waals surface area contributed by atoms with E-state index in [0.29, 0.717) is 12.3 Å². The highest BCUT2D eigenvalue weighted by Gasteiger charge is 2.17. The van der Waals surface area contributed by atoms with Crippen molar-refractivity contribution in [2.45, 2.75) is 6.42 Å². The molecule has 0 radical (unpaired) electrons. The van der Waals surface area contributed by atoms with Crippen molar-refractivity contribution in [1.29, 1.82) is 0 Å². The molecule has 152 valence electrons. The van der Waals surface area contributed by atoms with Crippen LogP contribution in [0.15, 0.2) is 79.0 Å². The number of nitrogens with two attached hydrogens (primary N) is 1. The van der Waals surface area contributed by atoms with Gasteiger partial charge in [0.1, 0.15) is 5.82 Å². The number of fused-ring (bicyclic) bond motifs is 1. The molecule has 5 aromatic rings. The largest absolute Gasteiger partial charge is 0.481 e. The average molecular weight is 407 g/mol. The van der Waals surface area contributed by atoms with Gasteiger partial charge in [0.15, 0.2) is 0 Å². The van der Waals surface area contributed by atoms with Crippen molar-refractivity contribution >= 4 is 16.6 Å². The number of imidazole rings is 1. The van der Waals surface area contributed by atoms with Crippen LogP contribution in [0, 0.1) is 0 Å². The lowest BCUT2D eigenvalue weighted by Crippen LogP contribution is -1.93. The number of pyridine rings is 2. The van der Waals surface area contributed by atoms with Crippen molar-refractivity contribution < 1.29 is 4.74 Å². The van der Waals surface area contributed by atoms with Crippen LogP contribution in [-0.4, -0.2) is 27.0 Å². The molecule has 6 nitrogen and oxygen atoms in total. The molecular formula is C25H21N5O. The topological polar surface area (TPSA) is 89.7 Å². The number of hydrogen-bond donors (Lipinski definition) is 2. The molecule has 0 fully saturated rings. The SMILES string of the molecule is COc1cccc(-c2[nH]c(Cc3cccc(N)c3)nc2-c2ccc3ncccc3c2)n1. The highest BCUT2D eigenvalue weighted by molar-refractivity contribution is 5.86. The molecule has 0 saturated carbocycles. The third kappa shape index (κ3) is 3.83. The Kier molecular flexibility index (Phi) is 4.80. The quantitative estimate of drug-likeness (QED) is 0.406. The molecule has 3 aromatic heterocycles. The second kappa shape index (κ2) is 7.91. The van der Waals surface area contributed by atoms with Gasteiger partial charge in [-0.2, -0.15) is 0 Å². The van der Waals surface area contributed by atoms with E-state index < -0.39 is 0 Å². The highest BCUT2D eigenvalue weighted by atomic mass is 16.5. The molecule has 0 aliphatic heterocycles. The molecule has 0 amide bonds. The van der Waals surface area contributed by atoms with E-state index in [0.717, 1.165) is 50.6 Å². The molecule has 3 heterocycles. The molecule has 31 heavy (non-hydrogen) atoms. The van der Waals surface area contributed by atoms with E-state index in [1.54, 1.807) is 13.3 Å². The summed E-state index contributed by atoms with van der Waals surface area (Å²) in [6.07, 6.45) is 2.43. The van der Waals surface area contributed by atoms with Crippen LogP contribution in [-0.2, 0) is 6.42 Å². The van der Waals surface area contributed by atoms with Crippen LogP contribution in [0.25, 0.3) is 33.5 Å². The molecule has 0 aliphatic carbocycles. The monoisotopic (exact) mass is 407 g/mol. The third-order valence-electron chi connectivity index (χ3n) is 5.14. The van der Waals surface area contributed by atoms with E-state index >= 15 is 0 Å². The van der Waals surface area contributed by atoms with Crippen LogP contribution in [0.5, 0.6) is 5.88 Å². The molecule has 0 aliphatic rings. The van der Waals surface area contributed by atoms with Crippen LogP contribution in [0.2, 0.25) is 0 Å². The number of nitrogens with one attached hydrogen (secondary N) is 1. The molecule has 0 saturated heterocycles. The number of anilines is 1. The van der Waals surface area contributed by atoms with Crippen molar-refractivity contribution in [3.05, 3.63) is 90.4 Å². The predicted molar refractivity (Wildman–Crippen MR) is 123 cm³/mol. The van der Waals surface area contributed by atoms with E-state index in [2.05, 4.69) is 27.1 Å². The van der Waals surface area contributed by atoms with Crippen LogP contribution in [0.3, 0.4) is 0 Å². The zero-order valence-electron chi connectivity index (χ0n) is 17.0. The zero-order chi connectivity index (χ0) is 21.2. The van der Waals surface area contributed by atoms with Gasteiger partial charge in [-0.15, -0.1) is 0 Å². The standard InChI is InChI=1S/C25H21N5O/c1-31-23-9-3-8-21(28-23)25-24(18-10-11-20-17(15-18)6-4-12-27-20)29-22(30-25)14-16-5-2-7-19(26)13-16/h2-13,15H,14,26H2,1H3,(H,29,30). The maximum absolute atomic E-state index is 5.95. The van der Waals surface area contributed by atoms with Crippen molar-refractivity contribution in [2.75, 3.05) is 12.8 Å². The maximum Gasteiger partial charge on any atom is 0.213 e. The lowest BCUT2D eigenvalue weighted by atomic mass is 10.1. The number of rotatable bonds is 5. The summed E-state index contributed by atoms with van der Waals surface area (Å²) in [5, 5.41) is 1.06. The fourth-order valence-electron chi connectivity index (χ4n) is 3.69. The maximum atomic E-state index is 5.95. The van der Waals surface area contributed by atoms with Crippen molar-refractivity contribution in [1.82, 2.24) is 19.9 Å². The van der Waals surface area contributed by atoms with Gasteiger partial charge in [-0.3, -0.25) is 4.98 Å². The minimum atomic E-state index is 0.554. The minimum Gasteiger partial charge on any atom is -0.481 e. The normalized spacial score (nSPS) is 11.0. The Morgan fingerprint density at radius 1 is 0.935 bits per heavy atom. The smallest absolute Gasteiger partial charge is 0.213 e. The van der Waals surface area contributed by atoms with Crippen molar-refractivity contribution in [2.24, 2.45) is 0 Å². The van der Waals surface area contributed by atoms with Crippen LogP contribution < -0.4 is 10.5 Å². The second-order valence-electron chi connectivity index (χ2n) is 7.30. The van der Waals surface area contributed by atoms with Gasteiger partial charge in [0, 0.05) is 35.3 Å². The Hall–Kier alpha value is -4.19. The van der Waals surface area contributed by atoms with Gasteiger partial charge in [0.2, 0.25) is 5.88 Å². The molecular weight excluding hydrogens is 386 g/mol. The van der Waals surface area contributed by atoms with E-state index in [4.69, 9.17) is 15.5 Å². The summed E-state index contributed by atoms with van der Waals surface area (Å²) < 4.78 is 5.33. The number of methoxy groups -OCH3 is 1. The van der Waals surface area contributed by atoms with E-state index in [9.17, 15) is 0 Å². The number of benzene rings is 2. The van der Waals surface area contributed by atoms with Gasteiger partial charge in [0.25, 0.3) is 0 Å². The third-order valence-corrected chi connectivity index (χ3v) is 5.14. The molecule has 0 bridgehead atoms. The van der Waals surface area contributed by atoms with Crippen LogP contribution >= 0.6 is 0 Å². The Morgan fingerprint density at radius 2 is 1.84 bits per heavy atom. The van der Waals surface area contributed by atoms with E-state index in [-0.39, 0.29) is 0 Å². The molecule has 0 atom stereocenters. The summed E-state index contributed by atoms with van der Waals surface area (Å²) in [4.78, 5) is 17.5. The number of nitrogen functional groups attached to an aromatic ring is 1. The molecule has 5 rings (SSSR count). The Labute approximate surface area is 179 Å². The number of nitrogens with zero attached hydrogens (tertiary/aromatic N) is 3. The first-order chi connectivity index (χ1) is 15.2. The lowest BCUT2D eigenvalue weighted by Gasteiger charge is -2.05. The van der Waals surface area contributed by atoms with Gasteiger partial charge in [-0.05, 0) is 42.0 Å². The summed E-state index contributed by atoms with van der Waals surface area (Å²) in [7, 11) is 1.61. The second-order valence-corrected chi connectivity index (χ2v) is 7.30. The number of aromatic amines is 1. The molecule has 3 N–H and O–H groups in total. The predicted octanol–water partition coefficient (Wildman–Crippen LogP) is 4.87. The summed E-state index contributed by atoms with van der Waals surface area (Å²) in [5.41, 5.74) is 12.2.